The lowest BCUT2D eigenvalue weighted by Gasteiger charge is -2.32. The number of anilines is 1. The molecule has 0 spiro atoms. The van der Waals surface area contributed by atoms with Crippen LogP contribution in [0.3, 0.4) is 0 Å². The molecule has 6 nitrogen and oxygen atoms in total. The zero-order valence-electron chi connectivity index (χ0n) is 17.5. The maximum Gasteiger partial charge on any atom is 0.416 e. The molecule has 0 aromatic heterocycles. The minimum absolute atomic E-state index is 0.0160. The van der Waals surface area contributed by atoms with Crippen molar-refractivity contribution in [3.8, 4) is 11.5 Å². The molecule has 1 fully saturated rings. The van der Waals surface area contributed by atoms with Crippen LogP contribution in [-0.4, -0.2) is 44.0 Å². The van der Waals surface area contributed by atoms with Crippen molar-refractivity contribution in [1.82, 2.24) is 4.90 Å². The van der Waals surface area contributed by atoms with Crippen LogP contribution >= 0.6 is 11.6 Å². The number of carbonyl (C=O) groups is 2. The lowest BCUT2D eigenvalue weighted by Crippen LogP contribution is -2.41. The van der Waals surface area contributed by atoms with Gasteiger partial charge in [0, 0.05) is 19.0 Å². The number of nitrogens with one attached hydrogen (secondary N) is 1. The second kappa shape index (κ2) is 9.68. The molecule has 0 radical (unpaired) electrons. The van der Waals surface area contributed by atoms with Crippen LogP contribution in [0.25, 0.3) is 0 Å². The van der Waals surface area contributed by atoms with Crippen molar-refractivity contribution >= 4 is 29.1 Å². The first-order valence-corrected chi connectivity index (χ1v) is 10.2. The van der Waals surface area contributed by atoms with E-state index in [1.807, 2.05) is 0 Å². The molecule has 2 amide bonds. The number of hydrogen-bond donors (Lipinski definition) is 1. The average molecular weight is 471 g/mol. The van der Waals surface area contributed by atoms with E-state index in [1.165, 1.54) is 14.2 Å². The van der Waals surface area contributed by atoms with Gasteiger partial charge in [-0.05, 0) is 43.2 Å². The molecule has 3 rings (SSSR count). The Morgan fingerprint density at radius 1 is 1.06 bits per heavy atom. The fourth-order valence-electron chi connectivity index (χ4n) is 3.60. The Morgan fingerprint density at radius 2 is 1.66 bits per heavy atom. The largest absolute Gasteiger partial charge is 0.496 e. The predicted octanol–water partition coefficient (Wildman–Crippen LogP) is 4.87. The van der Waals surface area contributed by atoms with Crippen LogP contribution < -0.4 is 14.8 Å². The first-order chi connectivity index (χ1) is 15.2. The summed E-state index contributed by atoms with van der Waals surface area (Å²) in [4.78, 5) is 27.3. The van der Waals surface area contributed by atoms with Gasteiger partial charge < -0.3 is 19.7 Å². The van der Waals surface area contributed by atoms with E-state index < -0.39 is 23.6 Å². The highest BCUT2D eigenvalue weighted by Gasteiger charge is 2.33. The summed E-state index contributed by atoms with van der Waals surface area (Å²) in [6, 6.07) is 7.80. The van der Waals surface area contributed by atoms with E-state index in [0.29, 0.717) is 43.0 Å². The Labute approximate surface area is 188 Å². The van der Waals surface area contributed by atoms with Gasteiger partial charge in [0.1, 0.15) is 17.1 Å². The minimum atomic E-state index is -4.55. The van der Waals surface area contributed by atoms with Gasteiger partial charge in [0.25, 0.3) is 5.91 Å². The number of ether oxygens (including phenoxy) is 2. The van der Waals surface area contributed by atoms with E-state index in [9.17, 15) is 22.8 Å². The van der Waals surface area contributed by atoms with E-state index in [0.717, 1.165) is 18.2 Å². The molecule has 172 valence electrons. The van der Waals surface area contributed by atoms with Gasteiger partial charge in [0.2, 0.25) is 5.91 Å². The van der Waals surface area contributed by atoms with Crippen LogP contribution in [0.15, 0.2) is 36.4 Å². The number of carbonyl (C=O) groups excluding carboxylic acids is 2. The van der Waals surface area contributed by atoms with E-state index in [4.69, 9.17) is 21.1 Å². The van der Waals surface area contributed by atoms with Gasteiger partial charge in [-0.25, -0.2) is 0 Å². The summed E-state index contributed by atoms with van der Waals surface area (Å²) in [7, 11) is 2.92. The zero-order valence-corrected chi connectivity index (χ0v) is 18.2. The van der Waals surface area contributed by atoms with Crippen molar-refractivity contribution in [2.24, 2.45) is 5.92 Å². The quantitative estimate of drug-likeness (QED) is 0.677. The molecule has 1 aliphatic heterocycles. The highest BCUT2D eigenvalue weighted by Crippen LogP contribution is 2.35. The molecule has 2 aromatic carbocycles. The summed E-state index contributed by atoms with van der Waals surface area (Å²) in [5, 5.41) is 2.51. The molecule has 0 unspecified atom stereocenters. The number of hydrogen-bond acceptors (Lipinski definition) is 4. The molecule has 0 aliphatic carbocycles. The lowest BCUT2D eigenvalue weighted by molar-refractivity contribution is -0.137. The van der Waals surface area contributed by atoms with Gasteiger partial charge >= 0.3 is 6.18 Å². The molecular weight excluding hydrogens is 449 g/mol. The third kappa shape index (κ3) is 5.09. The number of likely N-dealkylation sites (tertiary alicyclic amines) is 1. The van der Waals surface area contributed by atoms with Crippen LogP contribution in [0, 0.1) is 5.92 Å². The fraction of sp³-hybridized carbons (Fsp3) is 0.364. The molecule has 2 aromatic rings. The van der Waals surface area contributed by atoms with E-state index in [2.05, 4.69) is 5.32 Å². The zero-order chi connectivity index (χ0) is 23.5. The predicted molar refractivity (Wildman–Crippen MR) is 113 cm³/mol. The van der Waals surface area contributed by atoms with Crippen LogP contribution in [0.4, 0.5) is 18.9 Å². The molecule has 0 saturated carbocycles. The van der Waals surface area contributed by atoms with Gasteiger partial charge in [-0.2, -0.15) is 13.2 Å². The number of alkyl halides is 3. The normalized spacial score (nSPS) is 14.8. The molecule has 10 heteroatoms. The van der Waals surface area contributed by atoms with E-state index in [-0.39, 0.29) is 16.6 Å². The molecule has 1 saturated heterocycles. The number of piperidine rings is 1. The molecule has 0 atom stereocenters. The monoisotopic (exact) mass is 470 g/mol. The molecule has 1 aliphatic rings. The van der Waals surface area contributed by atoms with Crippen molar-refractivity contribution < 1.29 is 32.2 Å². The number of amides is 2. The maximum absolute atomic E-state index is 13.0. The van der Waals surface area contributed by atoms with Gasteiger partial charge in [0.15, 0.2) is 0 Å². The summed E-state index contributed by atoms with van der Waals surface area (Å²) in [6.07, 6.45) is -3.84. The molecule has 1 N–H and O–H groups in total. The van der Waals surface area contributed by atoms with Gasteiger partial charge in [-0.15, -0.1) is 0 Å². The number of rotatable bonds is 5. The maximum atomic E-state index is 13.0. The Hall–Kier alpha value is -2.94. The molecular formula is C22H22ClF3N2O4. The highest BCUT2D eigenvalue weighted by molar-refractivity contribution is 6.33. The molecule has 0 bridgehead atoms. The fourth-order valence-corrected chi connectivity index (χ4v) is 3.76. The van der Waals surface area contributed by atoms with Crippen molar-refractivity contribution in [1.29, 1.82) is 0 Å². The van der Waals surface area contributed by atoms with Gasteiger partial charge in [0.05, 0.1) is 30.5 Å². The number of benzene rings is 2. The smallest absolute Gasteiger partial charge is 0.416 e. The summed E-state index contributed by atoms with van der Waals surface area (Å²) in [5.41, 5.74) is -0.691. The molecule has 1 heterocycles. The lowest BCUT2D eigenvalue weighted by atomic mass is 9.95. The van der Waals surface area contributed by atoms with Crippen molar-refractivity contribution in [2.45, 2.75) is 19.0 Å². The topological polar surface area (TPSA) is 67.9 Å². The first-order valence-electron chi connectivity index (χ1n) is 9.83. The Kier molecular flexibility index (Phi) is 7.18. The third-order valence-corrected chi connectivity index (χ3v) is 5.68. The highest BCUT2D eigenvalue weighted by atomic mass is 35.5. The van der Waals surface area contributed by atoms with E-state index >= 15 is 0 Å². The first kappa shape index (κ1) is 23.7. The second-order valence-corrected chi connectivity index (χ2v) is 7.69. The standard InChI is InChI=1S/C22H22ClF3N2O4/c1-31-17-4-3-5-18(32-2)19(17)21(30)28-10-8-13(9-11-28)20(29)27-16-12-14(22(24,25)26)6-7-15(16)23/h3-7,12-13H,8-11H2,1-2H3,(H,27,29). The van der Waals surface area contributed by atoms with E-state index in [1.54, 1.807) is 23.1 Å². The number of halogens is 4. The molecule has 32 heavy (non-hydrogen) atoms. The van der Waals surface area contributed by atoms with Crippen molar-refractivity contribution in [2.75, 3.05) is 32.6 Å². The van der Waals surface area contributed by atoms with Crippen molar-refractivity contribution in [3.63, 3.8) is 0 Å². The van der Waals surface area contributed by atoms with Crippen LogP contribution in [0.5, 0.6) is 11.5 Å². The minimum Gasteiger partial charge on any atom is -0.496 e. The SMILES string of the molecule is COc1cccc(OC)c1C(=O)N1CCC(C(=O)Nc2cc(C(F)(F)F)ccc2Cl)CC1. The van der Waals surface area contributed by atoms with Gasteiger partial charge in [-0.1, -0.05) is 17.7 Å². The second-order valence-electron chi connectivity index (χ2n) is 7.29. The van der Waals surface area contributed by atoms with Crippen molar-refractivity contribution in [3.05, 3.63) is 52.5 Å². The Morgan fingerprint density at radius 3 is 2.19 bits per heavy atom. The number of methoxy groups -OCH3 is 2. The number of nitrogens with zero attached hydrogens (tertiary/aromatic N) is 1. The Balaban J connectivity index is 1.67. The summed E-state index contributed by atoms with van der Waals surface area (Å²) >= 11 is 5.96. The van der Waals surface area contributed by atoms with Crippen LogP contribution in [0.2, 0.25) is 5.02 Å². The van der Waals surface area contributed by atoms with Crippen LogP contribution in [-0.2, 0) is 11.0 Å². The third-order valence-electron chi connectivity index (χ3n) is 5.35. The summed E-state index contributed by atoms with van der Waals surface area (Å²) in [6.45, 7) is 0.600. The average Bonchev–Trinajstić information content (AvgIpc) is 2.78. The summed E-state index contributed by atoms with van der Waals surface area (Å²) in [5.74, 6) is -0.418. The summed E-state index contributed by atoms with van der Waals surface area (Å²) < 4.78 is 49.4. The van der Waals surface area contributed by atoms with Crippen LogP contribution in [0.1, 0.15) is 28.8 Å². The van der Waals surface area contributed by atoms with Gasteiger partial charge in [-0.3, -0.25) is 9.59 Å². The Bertz CT molecular complexity index is 983.